The van der Waals surface area contributed by atoms with Crippen LogP contribution in [0, 0.1) is 5.82 Å². The first-order valence-electron chi connectivity index (χ1n) is 8.41. The third-order valence-corrected chi connectivity index (χ3v) is 4.12. The molecule has 3 aromatic carbocycles. The van der Waals surface area contributed by atoms with Crippen molar-refractivity contribution in [1.82, 2.24) is 0 Å². The van der Waals surface area contributed by atoms with Crippen molar-refractivity contribution < 1.29 is 28.6 Å². The van der Waals surface area contributed by atoms with Crippen LogP contribution < -0.4 is 4.74 Å². The van der Waals surface area contributed by atoms with Gasteiger partial charge in [-0.05, 0) is 53.6 Å². The third-order valence-electron chi connectivity index (χ3n) is 4.12. The molecule has 0 aliphatic carbocycles. The monoisotopic (exact) mass is 380 g/mol. The molecule has 3 aromatic rings. The Bertz CT molecular complexity index is 994. The molecule has 28 heavy (non-hydrogen) atoms. The average molecular weight is 380 g/mol. The number of benzene rings is 3. The number of carbonyl (C=O) groups is 2. The van der Waals surface area contributed by atoms with Crippen molar-refractivity contribution >= 4 is 11.8 Å². The lowest BCUT2D eigenvalue weighted by molar-refractivity contribution is 0.0474. The minimum Gasteiger partial charge on any atom is -0.508 e. The molecule has 142 valence electrons. The molecule has 0 aliphatic heterocycles. The highest BCUT2D eigenvalue weighted by atomic mass is 19.1. The van der Waals surface area contributed by atoms with Crippen LogP contribution >= 0.6 is 0 Å². The van der Waals surface area contributed by atoms with E-state index in [2.05, 4.69) is 0 Å². The molecule has 5 nitrogen and oxygen atoms in total. The first kappa shape index (κ1) is 19.1. The van der Waals surface area contributed by atoms with Gasteiger partial charge in [0.25, 0.3) is 0 Å². The molecule has 0 aliphatic rings. The smallest absolute Gasteiger partial charge is 0.338 e. The van der Waals surface area contributed by atoms with E-state index in [0.717, 1.165) is 17.2 Å². The van der Waals surface area contributed by atoms with Gasteiger partial charge in [-0.15, -0.1) is 0 Å². The largest absolute Gasteiger partial charge is 0.508 e. The van der Waals surface area contributed by atoms with Gasteiger partial charge in [0.2, 0.25) is 5.78 Å². The van der Waals surface area contributed by atoms with E-state index in [1.165, 1.54) is 19.2 Å². The Morgan fingerprint density at radius 2 is 1.54 bits per heavy atom. The Hall–Kier alpha value is -3.67. The topological polar surface area (TPSA) is 72.8 Å². The summed E-state index contributed by atoms with van der Waals surface area (Å²) in [4.78, 5) is 24.4. The molecule has 0 bridgehead atoms. The molecule has 0 spiro atoms. The van der Waals surface area contributed by atoms with E-state index in [1.807, 2.05) is 0 Å². The normalized spacial score (nSPS) is 10.4. The van der Waals surface area contributed by atoms with E-state index < -0.39 is 24.2 Å². The predicted molar refractivity (Wildman–Crippen MR) is 101 cm³/mol. The van der Waals surface area contributed by atoms with Crippen LogP contribution in [0.3, 0.4) is 0 Å². The van der Waals surface area contributed by atoms with Crippen LogP contribution in [0.5, 0.6) is 11.5 Å². The summed E-state index contributed by atoms with van der Waals surface area (Å²) in [5.41, 5.74) is 2.03. The molecular weight excluding hydrogens is 363 g/mol. The number of halogens is 1. The summed E-state index contributed by atoms with van der Waals surface area (Å²) >= 11 is 0. The summed E-state index contributed by atoms with van der Waals surface area (Å²) in [5.74, 6) is -1.43. The number of carbonyl (C=O) groups excluding carboxylic acids is 2. The summed E-state index contributed by atoms with van der Waals surface area (Å²) in [6, 6.07) is 16.9. The van der Waals surface area contributed by atoms with Gasteiger partial charge >= 0.3 is 5.97 Å². The Balaban J connectivity index is 1.66. The van der Waals surface area contributed by atoms with Gasteiger partial charge in [-0.2, -0.15) is 0 Å². The van der Waals surface area contributed by atoms with Gasteiger partial charge < -0.3 is 14.6 Å². The average Bonchev–Trinajstić information content (AvgIpc) is 2.72. The molecule has 3 rings (SSSR count). The zero-order valence-electron chi connectivity index (χ0n) is 15.0. The van der Waals surface area contributed by atoms with Gasteiger partial charge in [-0.25, -0.2) is 9.18 Å². The molecule has 0 fully saturated rings. The maximum Gasteiger partial charge on any atom is 0.338 e. The van der Waals surface area contributed by atoms with Crippen molar-refractivity contribution in [3.63, 3.8) is 0 Å². The van der Waals surface area contributed by atoms with E-state index in [-0.39, 0.29) is 22.6 Å². The Kier molecular flexibility index (Phi) is 5.69. The second-order valence-electron chi connectivity index (χ2n) is 5.97. The Labute approximate surface area is 161 Å². The minimum atomic E-state index is -0.666. The molecule has 0 radical (unpaired) electrons. The third kappa shape index (κ3) is 4.35. The van der Waals surface area contributed by atoms with Crippen molar-refractivity contribution in [2.24, 2.45) is 0 Å². The fraction of sp³-hybridized carbons (Fsp3) is 0.0909. The highest BCUT2D eigenvalue weighted by molar-refractivity contribution is 6.01. The lowest BCUT2D eigenvalue weighted by Gasteiger charge is -2.09. The van der Waals surface area contributed by atoms with Gasteiger partial charge in [-0.3, -0.25) is 4.79 Å². The molecule has 0 heterocycles. The summed E-state index contributed by atoms with van der Waals surface area (Å²) in [5, 5.41) is 9.34. The Morgan fingerprint density at radius 1 is 0.929 bits per heavy atom. The number of esters is 1. The zero-order valence-corrected chi connectivity index (χ0v) is 15.0. The van der Waals surface area contributed by atoms with Crippen LogP contribution in [-0.2, 0) is 4.74 Å². The van der Waals surface area contributed by atoms with Gasteiger partial charge in [0, 0.05) is 0 Å². The maximum absolute atomic E-state index is 13.4. The van der Waals surface area contributed by atoms with Crippen LogP contribution in [0.1, 0.15) is 20.7 Å². The fourth-order valence-electron chi connectivity index (χ4n) is 2.64. The van der Waals surface area contributed by atoms with Crippen molar-refractivity contribution in [3.05, 3.63) is 83.7 Å². The number of hydrogen-bond donors (Lipinski definition) is 1. The van der Waals surface area contributed by atoms with Gasteiger partial charge in [0.1, 0.15) is 17.3 Å². The molecule has 1 N–H and O–H groups in total. The maximum atomic E-state index is 13.4. The number of aromatic hydroxyl groups is 1. The van der Waals surface area contributed by atoms with Gasteiger partial charge in [0.05, 0.1) is 18.2 Å². The van der Waals surface area contributed by atoms with Gasteiger partial charge in [-0.1, -0.05) is 24.3 Å². The zero-order chi connectivity index (χ0) is 20.1. The first-order valence-corrected chi connectivity index (χ1v) is 8.41. The molecule has 0 amide bonds. The number of phenols is 1. The van der Waals surface area contributed by atoms with Crippen LogP contribution in [0.25, 0.3) is 11.1 Å². The van der Waals surface area contributed by atoms with Crippen molar-refractivity contribution in [2.45, 2.75) is 0 Å². The molecule has 0 saturated heterocycles. The lowest BCUT2D eigenvalue weighted by Crippen LogP contribution is -2.15. The summed E-state index contributed by atoms with van der Waals surface area (Å²) in [6.45, 7) is -0.529. The summed E-state index contributed by atoms with van der Waals surface area (Å²) < 4.78 is 23.5. The van der Waals surface area contributed by atoms with Crippen molar-refractivity contribution in [3.8, 4) is 22.6 Å². The second-order valence-corrected chi connectivity index (χ2v) is 5.97. The number of hydrogen-bond acceptors (Lipinski definition) is 5. The first-order chi connectivity index (χ1) is 13.5. The minimum absolute atomic E-state index is 0.0120. The van der Waals surface area contributed by atoms with Crippen LogP contribution in [-0.4, -0.2) is 30.6 Å². The van der Waals surface area contributed by atoms with E-state index in [0.29, 0.717) is 0 Å². The van der Waals surface area contributed by atoms with Crippen molar-refractivity contribution in [1.29, 1.82) is 0 Å². The molecule has 6 heteroatoms. The van der Waals surface area contributed by atoms with E-state index in [9.17, 15) is 19.1 Å². The quantitative estimate of drug-likeness (QED) is 0.511. The number of methoxy groups -OCH3 is 1. The molecule has 0 unspecified atom stereocenters. The lowest BCUT2D eigenvalue weighted by atomic mass is 10.0. The summed E-state index contributed by atoms with van der Waals surface area (Å²) in [7, 11) is 1.37. The molecular formula is C22H17FO5. The predicted octanol–water partition coefficient (Wildman–Crippen LogP) is 4.25. The van der Waals surface area contributed by atoms with E-state index in [4.69, 9.17) is 9.47 Å². The van der Waals surface area contributed by atoms with E-state index in [1.54, 1.807) is 48.5 Å². The molecule has 0 atom stereocenters. The van der Waals surface area contributed by atoms with Crippen LogP contribution in [0.2, 0.25) is 0 Å². The summed E-state index contributed by atoms with van der Waals surface area (Å²) in [6.07, 6.45) is 0. The van der Waals surface area contributed by atoms with Crippen molar-refractivity contribution in [2.75, 3.05) is 13.7 Å². The number of phenolic OH excluding ortho intramolecular Hbond substituents is 1. The molecule has 0 saturated carbocycles. The number of rotatable bonds is 6. The highest BCUT2D eigenvalue weighted by Crippen LogP contribution is 2.23. The number of ketones is 1. The number of Topliss-reactive ketones (excluding diaryl/α,β-unsaturated/α-hetero) is 1. The Morgan fingerprint density at radius 3 is 2.14 bits per heavy atom. The SMILES string of the molecule is COc1ccc(F)cc1C(=O)COC(=O)c1ccc(-c2ccc(O)cc2)cc1. The standard InChI is InChI=1S/C22H17FO5/c1-27-21-11-8-17(23)12-19(21)20(25)13-28-22(26)16-4-2-14(3-5-16)15-6-9-18(24)10-7-15/h2-12,24H,13H2,1H3. The van der Waals surface area contributed by atoms with Gasteiger partial charge in [0.15, 0.2) is 6.61 Å². The number of ether oxygens (including phenoxy) is 2. The van der Waals surface area contributed by atoms with E-state index >= 15 is 0 Å². The van der Waals surface area contributed by atoms with Crippen LogP contribution in [0.4, 0.5) is 4.39 Å². The second kappa shape index (κ2) is 8.35. The highest BCUT2D eigenvalue weighted by Gasteiger charge is 2.16. The molecule has 0 aromatic heterocycles. The fourth-order valence-corrected chi connectivity index (χ4v) is 2.64. The van der Waals surface area contributed by atoms with Crippen LogP contribution in [0.15, 0.2) is 66.7 Å².